The molecule has 1 aromatic rings. The number of thiophene rings is 1. The number of carboxylic acid groups (broad SMARTS) is 1. The van der Waals surface area contributed by atoms with Gasteiger partial charge < -0.3 is 14.7 Å². The van der Waals surface area contributed by atoms with Crippen LogP contribution in [0.3, 0.4) is 0 Å². The highest BCUT2D eigenvalue weighted by Crippen LogP contribution is 2.34. The summed E-state index contributed by atoms with van der Waals surface area (Å²) in [4.78, 5) is 26.6. The van der Waals surface area contributed by atoms with Gasteiger partial charge in [-0.1, -0.05) is 0 Å². The summed E-state index contributed by atoms with van der Waals surface area (Å²) in [7, 11) is 0. The number of rotatable bonds is 2. The zero-order chi connectivity index (χ0) is 14.3. The molecular formula is C14H17NO4S. The molecule has 0 aliphatic carbocycles. The van der Waals surface area contributed by atoms with Crippen LogP contribution in [-0.4, -0.2) is 40.6 Å². The quantitative estimate of drug-likeness (QED) is 0.904. The van der Waals surface area contributed by atoms with E-state index in [0.717, 1.165) is 6.42 Å². The Morgan fingerprint density at radius 1 is 1.40 bits per heavy atom. The normalized spacial score (nSPS) is 29.2. The first kappa shape index (κ1) is 13.6. The Morgan fingerprint density at radius 2 is 2.15 bits per heavy atom. The first-order valence-electron chi connectivity index (χ1n) is 6.83. The van der Waals surface area contributed by atoms with Crippen molar-refractivity contribution in [1.82, 2.24) is 4.90 Å². The molecule has 2 aliphatic heterocycles. The third kappa shape index (κ3) is 2.23. The Balaban J connectivity index is 1.71. The lowest BCUT2D eigenvalue weighted by Gasteiger charge is -2.35. The molecule has 0 saturated carbocycles. The molecule has 108 valence electrons. The minimum atomic E-state index is -0.980. The zero-order valence-electron chi connectivity index (χ0n) is 11.2. The predicted octanol–water partition coefficient (Wildman–Crippen LogP) is 1.83. The number of carbonyl (C=O) groups is 2. The molecule has 0 bridgehead atoms. The van der Waals surface area contributed by atoms with Crippen LogP contribution in [0.4, 0.5) is 0 Å². The largest absolute Gasteiger partial charge is 0.479 e. The van der Waals surface area contributed by atoms with E-state index in [0.29, 0.717) is 19.4 Å². The van der Waals surface area contributed by atoms with Gasteiger partial charge in [0.25, 0.3) is 5.91 Å². The van der Waals surface area contributed by atoms with Gasteiger partial charge in [0, 0.05) is 11.4 Å². The fourth-order valence-corrected chi connectivity index (χ4v) is 3.96. The van der Waals surface area contributed by atoms with E-state index in [1.54, 1.807) is 11.3 Å². The van der Waals surface area contributed by atoms with Crippen LogP contribution in [0.1, 0.15) is 36.2 Å². The molecule has 0 aromatic carbocycles. The van der Waals surface area contributed by atoms with Gasteiger partial charge in [0.15, 0.2) is 6.10 Å². The van der Waals surface area contributed by atoms with Crippen molar-refractivity contribution in [3.63, 3.8) is 0 Å². The fourth-order valence-electron chi connectivity index (χ4n) is 3.00. The SMILES string of the molecule is CC1c2ccsc2CCN1C(=O)C1CCC(C(=O)O)O1. The molecule has 1 fully saturated rings. The van der Waals surface area contributed by atoms with Crippen molar-refractivity contribution in [3.05, 3.63) is 21.9 Å². The molecule has 0 spiro atoms. The lowest BCUT2D eigenvalue weighted by atomic mass is 10.0. The van der Waals surface area contributed by atoms with Gasteiger partial charge in [-0.25, -0.2) is 4.79 Å². The zero-order valence-corrected chi connectivity index (χ0v) is 12.1. The molecule has 5 nitrogen and oxygen atoms in total. The number of hydrogen-bond acceptors (Lipinski definition) is 4. The van der Waals surface area contributed by atoms with E-state index in [9.17, 15) is 9.59 Å². The van der Waals surface area contributed by atoms with Crippen molar-refractivity contribution < 1.29 is 19.4 Å². The van der Waals surface area contributed by atoms with Crippen molar-refractivity contribution >= 4 is 23.2 Å². The molecular weight excluding hydrogens is 278 g/mol. The van der Waals surface area contributed by atoms with Gasteiger partial charge in [0.1, 0.15) is 6.10 Å². The van der Waals surface area contributed by atoms with Crippen molar-refractivity contribution in [2.45, 2.75) is 44.4 Å². The van der Waals surface area contributed by atoms with Crippen LogP contribution in [-0.2, 0) is 20.7 Å². The van der Waals surface area contributed by atoms with Crippen LogP contribution in [0.5, 0.6) is 0 Å². The average molecular weight is 295 g/mol. The Labute approximate surface area is 121 Å². The minimum absolute atomic E-state index is 0.0463. The molecule has 1 saturated heterocycles. The number of hydrogen-bond donors (Lipinski definition) is 1. The Kier molecular flexibility index (Phi) is 3.52. The van der Waals surface area contributed by atoms with E-state index in [1.807, 2.05) is 11.8 Å². The summed E-state index contributed by atoms with van der Waals surface area (Å²) in [6, 6.07) is 2.12. The Bertz CT molecular complexity index is 541. The van der Waals surface area contributed by atoms with Gasteiger partial charge in [0.2, 0.25) is 0 Å². The second-order valence-electron chi connectivity index (χ2n) is 5.29. The van der Waals surface area contributed by atoms with Crippen LogP contribution in [0.25, 0.3) is 0 Å². The summed E-state index contributed by atoms with van der Waals surface area (Å²) in [5.74, 6) is -1.05. The Morgan fingerprint density at radius 3 is 2.85 bits per heavy atom. The summed E-state index contributed by atoms with van der Waals surface area (Å²) in [6.07, 6.45) is 0.352. The number of carboxylic acids is 1. The van der Waals surface area contributed by atoms with Gasteiger partial charge in [0.05, 0.1) is 6.04 Å². The van der Waals surface area contributed by atoms with Crippen molar-refractivity contribution in [3.8, 4) is 0 Å². The average Bonchev–Trinajstić information content (AvgIpc) is 3.08. The van der Waals surface area contributed by atoms with Gasteiger partial charge in [-0.3, -0.25) is 4.79 Å². The lowest BCUT2D eigenvalue weighted by Crippen LogP contribution is -2.44. The van der Waals surface area contributed by atoms with E-state index in [2.05, 4.69) is 11.4 Å². The summed E-state index contributed by atoms with van der Waals surface area (Å²) in [6.45, 7) is 2.71. The summed E-state index contributed by atoms with van der Waals surface area (Å²) in [5, 5.41) is 11.0. The van der Waals surface area contributed by atoms with Gasteiger partial charge >= 0.3 is 5.97 Å². The highest BCUT2D eigenvalue weighted by molar-refractivity contribution is 7.10. The second-order valence-corrected chi connectivity index (χ2v) is 6.29. The third-order valence-electron chi connectivity index (χ3n) is 4.13. The number of ether oxygens (including phenoxy) is 1. The van der Waals surface area contributed by atoms with E-state index >= 15 is 0 Å². The number of fused-ring (bicyclic) bond motifs is 1. The topological polar surface area (TPSA) is 66.8 Å². The summed E-state index contributed by atoms with van der Waals surface area (Å²) < 4.78 is 5.37. The Hall–Kier alpha value is -1.40. The maximum absolute atomic E-state index is 12.5. The fraction of sp³-hybridized carbons (Fsp3) is 0.571. The molecule has 2 aliphatic rings. The number of nitrogens with zero attached hydrogens (tertiary/aromatic N) is 1. The van der Waals surface area contributed by atoms with E-state index in [1.165, 1.54) is 10.4 Å². The van der Waals surface area contributed by atoms with Crippen molar-refractivity contribution in [2.75, 3.05) is 6.54 Å². The molecule has 3 unspecified atom stereocenters. The van der Waals surface area contributed by atoms with Gasteiger partial charge in [-0.15, -0.1) is 11.3 Å². The van der Waals surface area contributed by atoms with E-state index in [4.69, 9.17) is 9.84 Å². The smallest absolute Gasteiger partial charge is 0.332 e. The summed E-state index contributed by atoms with van der Waals surface area (Å²) >= 11 is 1.73. The lowest BCUT2D eigenvalue weighted by molar-refractivity contribution is -0.155. The van der Waals surface area contributed by atoms with Crippen LogP contribution in [0.15, 0.2) is 11.4 Å². The molecule has 1 amide bonds. The van der Waals surface area contributed by atoms with Crippen molar-refractivity contribution in [2.24, 2.45) is 0 Å². The first-order chi connectivity index (χ1) is 9.58. The van der Waals surface area contributed by atoms with E-state index in [-0.39, 0.29) is 11.9 Å². The number of aliphatic carboxylic acids is 1. The molecule has 3 atom stereocenters. The molecule has 20 heavy (non-hydrogen) atoms. The van der Waals surface area contributed by atoms with Crippen LogP contribution < -0.4 is 0 Å². The molecule has 0 radical (unpaired) electrons. The van der Waals surface area contributed by atoms with E-state index < -0.39 is 18.2 Å². The first-order valence-corrected chi connectivity index (χ1v) is 7.71. The monoisotopic (exact) mass is 295 g/mol. The number of carbonyl (C=O) groups excluding carboxylic acids is 1. The molecule has 1 N–H and O–H groups in total. The summed E-state index contributed by atoms with van der Waals surface area (Å²) in [5.41, 5.74) is 1.21. The van der Waals surface area contributed by atoms with Crippen LogP contribution in [0.2, 0.25) is 0 Å². The minimum Gasteiger partial charge on any atom is -0.479 e. The highest BCUT2D eigenvalue weighted by Gasteiger charge is 2.39. The maximum atomic E-state index is 12.5. The highest BCUT2D eigenvalue weighted by atomic mass is 32.1. The van der Waals surface area contributed by atoms with Crippen LogP contribution >= 0.6 is 11.3 Å². The van der Waals surface area contributed by atoms with Crippen LogP contribution in [0, 0.1) is 0 Å². The second kappa shape index (κ2) is 5.18. The standard InChI is InChI=1S/C14H17NO4S/c1-8-9-5-7-20-12(9)4-6-15(8)13(16)10-2-3-11(19-10)14(17)18/h5,7-8,10-11H,2-4,6H2,1H3,(H,17,18). The van der Waals surface area contributed by atoms with Crippen molar-refractivity contribution in [1.29, 1.82) is 0 Å². The molecule has 1 aromatic heterocycles. The number of amides is 1. The molecule has 6 heteroatoms. The van der Waals surface area contributed by atoms with Gasteiger partial charge in [-0.05, 0) is 43.2 Å². The molecule has 3 heterocycles. The third-order valence-corrected chi connectivity index (χ3v) is 5.13. The maximum Gasteiger partial charge on any atom is 0.332 e. The molecule has 3 rings (SSSR count). The predicted molar refractivity (Wildman–Crippen MR) is 73.7 cm³/mol. The van der Waals surface area contributed by atoms with Gasteiger partial charge in [-0.2, -0.15) is 0 Å².